The van der Waals surface area contributed by atoms with Gasteiger partial charge in [-0.3, -0.25) is 0 Å². The van der Waals surface area contributed by atoms with E-state index < -0.39 is 248 Å². The highest BCUT2D eigenvalue weighted by Crippen LogP contribution is 2.42. The van der Waals surface area contributed by atoms with Crippen LogP contribution in [0, 0.1) is 0 Å². The summed E-state index contributed by atoms with van der Waals surface area (Å²) in [5, 5.41) is -1.33. The van der Waals surface area contributed by atoms with Crippen LogP contribution in [0.25, 0.3) is 49.7 Å². The third-order valence-electron chi connectivity index (χ3n) is 6.31. The molecule has 0 atom stereocenters. The molecule has 8 rings (SSSR count). The van der Waals surface area contributed by atoms with Crippen LogP contribution in [0.5, 0.6) is 0 Å². The Kier molecular flexibility index (Phi) is 2.35. The quantitative estimate of drug-likeness (QED) is 0.186. The number of anilines is 3. The molecule has 8 aromatic rings. The standard InChI is InChI=1S/C42H30N2/c1-4-15-31(16-5-1)37-23-10-12-25-40(37)43(34-18-6-2-7-19-34)36-22-14-17-32(29-36)33-27-28-42-39(30-33)38-24-11-13-26-41(38)44(42)35-20-8-3-9-21-35/h1-30H/i1D,2D,3D,4D,5D,6D,7D,8D,9D,10D,11D,12D,13D,14D,15D,16D,17D,18D,19D,20D,21D,22D,23D,24D,25D,26D,27D,28D,29D,30D. The van der Waals surface area contributed by atoms with Gasteiger partial charge in [0.05, 0.1) is 57.8 Å². The van der Waals surface area contributed by atoms with E-state index in [1.54, 1.807) is 0 Å². The molecule has 0 N–H and O–H groups in total. The zero-order valence-electron chi connectivity index (χ0n) is 51.9. The largest absolute Gasteiger partial charge is 0.310 e. The number of para-hydroxylation sites is 4. The van der Waals surface area contributed by atoms with Gasteiger partial charge < -0.3 is 9.47 Å². The molecular formula is C42H30N2. The summed E-state index contributed by atoms with van der Waals surface area (Å²) >= 11 is 0. The number of hydrogen-bond acceptors (Lipinski definition) is 1. The molecule has 208 valence electrons. The minimum Gasteiger partial charge on any atom is -0.310 e. The molecule has 1 heterocycles. The number of nitrogens with zero attached hydrogens (tertiary/aromatic N) is 2. The van der Waals surface area contributed by atoms with E-state index in [1.165, 1.54) is 0 Å². The second kappa shape index (κ2) is 11.1. The molecule has 0 spiro atoms. The van der Waals surface area contributed by atoms with Crippen LogP contribution < -0.4 is 4.90 Å². The van der Waals surface area contributed by atoms with Crippen LogP contribution in [0.3, 0.4) is 0 Å². The topological polar surface area (TPSA) is 8.17 Å². The Morgan fingerprint density at radius 3 is 1.82 bits per heavy atom. The van der Waals surface area contributed by atoms with Gasteiger partial charge in [0.1, 0.15) is 0 Å². The highest BCUT2D eigenvalue weighted by Gasteiger charge is 2.18. The maximum atomic E-state index is 9.86. The fourth-order valence-corrected chi connectivity index (χ4v) is 4.51. The predicted molar refractivity (Wildman–Crippen MR) is 186 cm³/mol. The Bertz CT molecular complexity index is 3830. The molecule has 0 fully saturated rings. The molecule has 0 aliphatic rings. The second-order valence-corrected chi connectivity index (χ2v) is 8.76. The van der Waals surface area contributed by atoms with Crippen molar-refractivity contribution < 1.29 is 41.1 Å². The van der Waals surface area contributed by atoms with Crippen molar-refractivity contribution in [1.82, 2.24) is 4.57 Å². The minimum atomic E-state index is -1.31. The van der Waals surface area contributed by atoms with Gasteiger partial charge in [-0.2, -0.15) is 0 Å². The Balaban J connectivity index is 1.65. The van der Waals surface area contributed by atoms with Gasteiger partial charge in [0.25, 0.3) is 0 Å². The van der Waals surface area contributed by atoms with Crippen LogP contribution in [0.15, 0.2) is 181 Å². The van der Waals surface area contributed by atoms with Crippen molar-refractivity contribution in [1.29, 1.82) is 0 Å². The van der Waals surface area contributed by atoms with Crippen LogP contribution >= 0.6 is 0 Å². The maximum absolute atomic E-state index is 9.86. The van der Waals surface area contributed by atoms with Crippen molar-refractivity contribution >= 4 is 38.9 Å². The SMILES string of the molecule is [2H]c1c([2H])c([2H])c(-c2c([2H])c([2H])c([2H])c([2H])c2N(c2c([2H])c([2H])c([2H])c([2H])c2[2H])c2c([2H])c([2H])c([2H])c(-c3c([2H])c([2H])c4c(c3[2H])c3c([2H])c([2H])c([2H])c([2H])c3n4-c3c([2H])c([2H])c([2H])c([2H])c3[2H])c2[2H])c([2H])c1[2H]. The van der Waals surface area contributed by atoms with Crippen molar-refractivity contribution in [2.75, 3.05) is 4.90 Å². The summed E-state index contributed by atoms with van der Waals surface area (Å²) in [5.41, 5.74) is -9.64. The molecule has 0 aliphatic carbocycles. The van der Waals surface area contributed by atoms with Crippen molar-refractivity contribution in [3.63, 3.8) is 0 Å². The van der Waals surface area contributed by atoms with Gasteiger partial charge in [-0.05, 0) is 77.1 Å². The maximum Gasteiger partial charge on any atom is 0.0651 e. The van der Waals surface area contributed by atoms with Crippen molar-refractivity contribution in [2.45, 2.75) is 0 Å². The Hall–Kier alpha value is -5.86. The molecular weight excluding hydrogens is 532 g/mol. The van der Waals surface area contributed by atoms with E-state index in [0.717, 1.165) is 0 Å². The molecule has 0 unspecified atom stereocenters. The van der Waals surface area contributed by atoms with E-state index in [0.29, 0.717) is 9.47 Å². The minimum absolute atomic E-state index is 0.313. The fraction of sp³-hybridized carbons (Fsp3) is 0. The lowest BCUT2D eigenvalue weighted by molar-refractivity contribution is 1.18. The van der Waals surface area contributed by atoms with Gasteiger partial charge >= 0.3 is 0 Å². The molecule has 2 nitrogen and oxygen atoms in total. The Morgan fingerprint density at radius 1 is 0.409 bits per heavy atom. The smallest absolute Gasteiger partial charge is 0.0651 e. The van der Waals surface area contributed by atoms with E-state index in [-0.39, 0.29) is 0 Å². The molecule has 0 radical (unpaired) electrons. The van der Waals surface area contributed by atoms with Crippen molar-refractivity contribution in [3.05, 3.63) is 181 Å². The zero-order chi connectivity index (χ0) is 55.4. The summed E-state index contributed by atoms with van der Waals surface area (Å²) < 4.78 is 267. The summed E-state index contributed by atoms with van der Waals surface area (Å²) in [6, 6.07) is -32.2. The van der Waals surface area contributed by atoms with Crippen LogP contribution in [0.1, 0.15) is 41.1 Å². The number of benzene rings is 7. The molecule has 0 saturated heterocycles. The zero-order valence-corrected chi connectivity index (χ0v) is 21.9. The Morgan fingerprint density at radius 2 is 1.00 bits per heavy atom. The predicted octanol–water partition coefficient (Wildman–Crippen LogP) is 11.6. The molecule has 1 aromatic heterocycles. The summed E-state index contributed by atoms with van der Waals surface area (Å²) in [5.74, 6) is 0. The highest BCUT2D eigenvalue weighted by molar-refractivity contribution is 6.10. The molecule has 0 saturated carbocycles. The van der Waals surface area contributed by atoms with Crippen molar-refractivity contribution in [3.8, 4) is 27.9 Å². The summed E-state index contributed by atoms with van der Waals surface area (Å²) in [7, 11) is 0. The number of fused-ring (bicyclic) bond motifs is 3. The van der Waals surface area contributed by atoms with Gasteiger partial charge in [0.15, 0.2) is 0 Å². The molecule has 0 bridgehead atoms. The average Bonchev–Trinajstić information content (AvgIpc) is 3.72. The molecule has 0 amide bonds. The first kappa shape index (κ1) is 9.32. The van der Waals surface area contributed by atoms with E-state index in [9.17, 15) is 9.60 Å². The average molecular weight is 593 g/mol. The van der Waals surface area contributed by atoms with E-state index >= 15 is 0 Å². The molecule has 0 aliphatic heterocycles. The van der Waals surface area contributed by atoms with Crippen LogP contribution in [-0.4, -0.2) is 4.57 Å². The van der Waals surface area contributed by atoms with Crippen molar-refractivity contribution in [2.24, 2.45) is 0 Å². The monoisotopic (exact) mass is 592 g/mol. The first-order valence-electron chi connectivity index (χ1n) is 27.6. The second-order valence-electron chi connectivity index (χ2n) is 8.76. The first-order valence-corrected chi connectivity index (χ1v) is 12.6. The number of rotatable bonds is 6. The molecule has 7 aromatic carbocycles. The normalized spacial score (nSPS) is 20.7. The third kappa shape index (κ3) is 4.54. The van der Waals surface area contributed by atoms with Gasteiger partial charge in [0, 0.05) is 33.4 Å². The van der Waals surface area contributed by atoms with Crippen LogP contribution in [0.2, 0.25) is 0 Å². The van der Waals surface area contributed by atoms with Crippen LogP contribution in [-0.2, 0) is 0 Å². The van der Waals surface area contributed by atoms with Crippen LogP contribution in [0.4, 0.5) is 17.1 Å². The Labute approximate surface area is 299 Å². The summed E-state index contributed by atoms with van der Waals surface area (Å²) in [6.45, 7) is 0. The first-order chi connectivity index (χ1) is 34.3. The van der Waals surface area contributed by atoms with E-state index in [2.05, 4.69) is 0 Å². The third-order valence-corrected chi connectivity index (χ3v) is 6.31. The van der Waals surface area contributed by atoms with Gasteiger partial charge in [-0.15, -0.1) is 0 Å². The lowest BCUT2D eigenvalue weighted by atomic mass is 10.00. The fourth-order valence-electron chi connectivity index (χ4n) is 4.51. The molecule has 2 heteroatoms. The lowest BCUT2D eigenvalue weighted by Crippen LogP contribution is -2.11. The van der Waals surface area contributed by atoms with E-state index in [1.807, 2.05) is 0 Å². The number of aromatic nitrogens is 1. The lowest BCUT2D eigenvalue weighted by Gasteiger charge is -2.28. The highest BCUT2D eigenvalue weighted by atomic mass is 15.1. The molecule has 44 heavy (non-hydrogen) atoms. The van der Waals surface area contributed by atoms with Gasteiger partial charge in [0.2, 0.25) is 0 Å². The number of hydrogen-bond donors (Lipinski definition) is 0. The van der Waals surface area contributed by atoms with Gasteiger partial charge in [-0.25, -0.2) is 0 Å². The summed E-state index contributed by atoms with van der Waals surface area (Å²) in [6.07, 6.45) is 0. The summed E-state index contributed by atoms with van der Waals surface area (Å²) in [4.78, 5) is 0.313. The van der Waals surface area contributed by atoms with Gasteiger partial charge in [-0.1, -0.05) is 121 Å². The van der Waals surface area contributed by atoms with E-state index in [4.69, 9.17) is 31.5 Å².